The normalized spacial score (nSPS) is 10.5. The van der Waals surface area contributed by atoms with E-state index in [1.165, 1.54) is 12.1 Å². The second-order valence-electron chi connectivity index (χ2n) is 4.22. The van der Waals surface area contributed by atoms with E-state index < -0.39 is 4.92 Å². The van der Waals surface area contributed by atoms with Gasteiger partial charge < -0.3 is 4.74 Å². The smallest absolute Gasteiger partial charge is 0.274 e. The van der Waals surface area contributed by atoms with E-state index in [9.17, 15) is 10.1 Å². The van der Waals surface area contributed by atoms with Crippen molar-refractivity contribution in [2.24, 2.45) is 0 Å². The molecule has 0 saturated heterocycles. The van der Waals surface area contributed by atoms with Crippen molar-refractivity contribution < 1.29 is 9.66 Å². The van der Waals surface area contributed by atoms with Gasteiger partial charge in [-0.05, 0) is 13.0 Å². The molecule has 0 bridgehead atoms. The van der Waals surface area contributed by atoms with Gasteiger partial charge in [-0.25, -0.2) is 4.98 Å². The number of rotatable bonds is 4. The molecular formula is C13H11BrClN3O3. The molecule has 0 radical (unpaired) electrons. The second kappa shape index (κ2) is 6.36. The highest BCUT2D eigenvalue weighted by Crippen LogP contribution is 2.31. The fourth-order valence-corrected chi connectivity index (χ4v) is 2.23. The summed E-state index contributed by atoms with van der Waals surface area (Å²) < 4.78 is 6.18. The van der Waals surface area contributed by atoms with E-state index in [0.29, 0.717) is 39.1 Å². The van der Waals surface area contributed by atoms with Gasteiger partial charge in [-0.2, -0.15) is 4.98 Å². The highest BCUT2D eigenvalue weighted by molar-refractivity contribution is 9.10. The van der Waals surface area contributed by atoms with Crippen LogP contribution < -0.4 is 4.74 Å². The first kappa shape index (κ1) is 15.7. The van der Waals surface area contributed by atoms with Crippen LogP contribution in [0, 0.1) is 17.0 Å². The standard InChI is InChI=1S/C13H11BrClN3O3/c1-3-11-16-12(15)7(2)13(17-11)21-10-5-8(14)4-9(6-10)18(19)20/h4-6H,3H2,1-2H3. The Kier molecular flexibility index (Phi) is 4.74. The van der Waals surface area contributed by atoms with Gasteiger partial charge in [0.25, 0.3) is 5.69 Å². The second-order valence-corrected chi connectivity index (χ2v) is 5.49. The number of nitrogens with zero attached hydrogens (tertiary/aromatic N) is 3. The molecule has 0 spiro atoms. The number of benzene rings is 1. The Morgan fingerprint density at radius 2 is 2.10 bits per heavy atom. The lowest BCUT2D eigenvalue weighted by molar-refractivity contribution is -0.385. The Labute approximate surface area is 134 Å². The third-order valence-corrected chi connectivity index (χ3v) is 3.51. The molecule has 0 N–H and O–H groups in total. The lowest BCUT2D eigenvalue weighted by Crippen LogP contribution is -2.00. The molecule has 1 aromatic carbocycles. The molecule has 21 heavy (non-hydrogen) atoms. The molecule has 0 unspecified atom stereocenters. The lowest BCUT2D eigenvalue weighted by Gasteiger charge is -2.10. The third-order valence-electron chi connectivity index (χ3n) is 2.69. The van der Waals surface area contributed by atoms with Crippen molar-refractivity contribution in [2.75, 3.05) is 0 Å². The predicted octanol–water partition coefficient (Wildman–Crippen LogP) is 4.46. The quantitative estimate of drug-likeness (QED) is 0.449. The minimum atomic E-state index is -0.491. The van der Waals surface area contributed by atoms with Crippen LogP contribution in [0.3, 0.4) is 0 Å². The zero-order chi connectivity index (χ0) is 15.6. The van der Waals surface area contributed by atoms with Crippen LogP contribution in [0.2, 0.25) is 5.15 Å². The number of aromatic nitrogens is 2. The van der Waals surface area contributed by atoms with E-state index in [2.05, 4.69) is 25.9 Å². The molecule has 0 aliphatic heterocycles. The summed E-state index contributed by atoms with van der Waals surface area (Å²) in [4.78, 5) is 18.7. The minimum absolute atomic E-state index is 0.0760. The molecule has 0 atom stereocenters. The number of nitro groups is 1. The first-order valence-corrected chi connectivity index (χ1v) is 7.23. The molecule has 2 rings (SSSR count). The van der Waals surface area contributed by atoms with Gasteiger partial charge >= 0.3 is 0 Å². The SMILES string of the molecule is CCc1nc(Cl)c(C)c(Oc2cc(Br)cc([N+](=O)[O-])c2)n1. The zero-order valence-electron chi connectivity index (χ0n) is 11.3. The summed E-state index contributed by atoms with van der Waals surface area (Å²) in [6.45, 7) is 3.62. The Morgan fingerprint density at radius 1 is 1.38 bits per heavy atom. The summed E-state index contributed by atoms with van der Waals surface area (Å²) in [5.74, 6) is 1.14. The van der Waals surface area contributed by atoms with E-state index in [1.54, 1.807) is 13.0 Å². The Balaban J connectivity index is 2.42. The largest absolute Gasteiger partial charge is 0.438 e. The van der Waals surface area contributed by atoms with Gasteiger partial charge in [0.2, 0.25) is 5.88 Å². The van der Waals surface area contributed by atoms with Crippen molar-refractivity contribution in [3.8, 4) is 11.6 Å². The maximum Gasteiger partial charge on any atom is 0.274 e. The molecule has 2 aromatic rings. The van der Waals surface area contributed by atoms with Gasteiger partial charge in [0.15, 0.2) is 0 Å². The summed E-state index contributed by atoms with van der Waals surface area (Å²) in [5, 5.41) is 11.2. The number of halogens is 2. The topological polar surface area (TPSA) is 78.2 Å². The number of aryl methyl sites for hydroxylation is 1. The van der Waals surface area contributed by atoms with E-state index in [1.807, 2.05) is 6.92 Å². The van der Waals surface area contributed by atoms with Crippen LogP contribution in [-0.4, -0.2) is 14.9 Å². The van der Waals surface area contributed by atoms with Crippen LogP contribution in [0.15, 0.2) is 22.7 Å². The van der Waals surface area contributed by atoms with Crippen molar-refractivity contribution in [1.82, 2.24) is 9.97 Å². The molecule has 0 aliphatic carbocycles. The Morgan fingerprint density at radius 3 is 2.71 bits per heavy atom. The van der Waals surface area contributed by atoms with E-state index in [-0.39, 0.29) is 5.69 Å². The molecule has 1 aromatic heterocycles. The summed E-state index contributed by atoms with van der Waals surface area (Å²) in [7, 11) is 0. The van der Waals surface area contributed by atoms with Crippen LogP contribution in [0.1, 0.15) is 18.3 Å². The molecular weight excluding hydrogens is 362 g/mol. The zero-order valence-corrected chi connectivity index (χ0v) is 13.6. The number of hydrogen-bond donors (Lipinski definition) is 0. The van der Waals surface area contributed by atoms with Crippen LogP contribution in [0.4, 0.5) is 5.69 Å². The minimum Gasteiger partial charge on any atom is -0.438 e. The van der Waals surface area contributed by atoms with Gasteiger partial charge in [0, 0.05) is 22.5 Å². The Bertz CT molecular complexity index is 709. The average molecular weight is 373 g/mol. The van der Waals surface area contributed by atoms with Gasteiger partial charge in [0.1, 0.15) is 16.7 Å². The molecule has 0 fully saturated rings. The van der Waals surface area contributed by atoms with Crippen molar-refractivity contribution in [2.45, 2.75) is 20.3 Å². The van der Waals surface area contributed by atoms with E-state index in [0.717, 1.165) is 0 Å². The summed E-state index contributed by atoms with van der Waals surface area (Å²) in [6.07, 6.45) is 0.606. The number of ether oxygens (including phenoxy) is 1. The highest BCUT2D eigenvalue weighted by Gasteiger charge is 2.14. The first-order chi connectivity index (χ1) is 9.90. The van der Waals surface area contributed by atoms with Crippen LogP contribution in [-0.2, 0) is 6.42 Å². The van der Waals surface area contributed by atoms with Crippen LogP contribution in [0.5, 0.6) is 11.6 Å². The molecule has 8 heteroatoms. The summed E-state index contributed by atoms with van der Waals surface area (Å²) >= 11 is 9.24. The Hall–Kier alpha value is -1.73. The maximum atomic E-state index is 10.9. The third kappa shape index (κ3) is 3.68. The van der Waals surface area contributed by atoms with E-state index in [4.69, 9.17) is 16.3 Å². The highest BCUT2D eigenvalue weighted by atomic mass is 79.9. The monoisotopic (exact) mass is 371 g/mol. The predicted molar refractivity (Wildman–Crippen MR) is 82.0 cm³/mol. The van der Waals surface area contributed by atoms with Crippen molar-refractivity contribution in [1.29, 1.82) is 0 Å². The lowest BCUT2D eigenvalue weighted by atomic mass is 10.3. The van der Waals surface area contributed by atoms with Gasteiger partial charge in [-0.3, -0.25) is 10.1 Å². The van der Waals surface area contributed by atoms with Crippen LogP contribution >= 0.6 is 27.5 Å². The molecule has 0 aliphatic rings. The molecule has 110 valence electrons. The van der Waals surface area contributed by atoms with Gasteiger partial charge in [-0.15, -0.1) is 0 Å². The summed E-state index contributed by atoms with van der Waals surface area (Å²) in [6, 6.07) is 4.34. The van der Waals surface area contributed by atoms with E-state index >= 15 is 0 Å². The number of hydrogen-bond acceptors (Lipinski definition) is 5. The molecule has 0 saturated carbocycles. The molecule has 0 amide bonds. The summed E-state index contributed by atoms with van der Waals surface area (Å²) in [5.41, 5.74) is 0.504. The van der Waals surface area contributed by atoms with Gasteiger partial charge in [0.05, 0.1) is 11.0 Å². The molecule has 6 nitrogen and oxygen atoms in total. The van der Waals surface area contributed by atoms with Crippen LogP contribution in [0.25, 0.3) is 0 Å². The maximum absolute atomic E-state index is 10.9. The number of nitro benzene ring substituents is 1. The average Bonchev–Trinajstić information content (AvgIpc) is 2.42. The number of non-ortho nitro benzene ring substituents is 1. The van der Waals surface area contributed by atoms with Crippen molar-refractivity contribution in [3.05, 3.63) is 49.3 Å². The van der Waals surface area contributed by atoms with Crippen molar-refractivity contribution in [3.63, 3.8) is 0 Å². The van der Waals surface area contributed by atoms with Crippen molar-refractivity contribution >= 4 is 33.2 Å². The fourth-order valence-electron chi connectivity index (χ4n) is 1.59. The van der Waals surface area contributed by atoms with Gasteiger partial charge in [-0.1, -0.05) is 34.5 Å². The molecule has 1 heterocycles. The fraction of sp³-hybridized carbons (Fsp3) is 0.231. The first-order valence-electron chi connectivity index (χ1n) is 6.06.